The number of fused-ring (bicyclic) bond motifs is 3. The van der Waals surface area contributed by atoms with E-state index in [0.717, 1.165) is 83.5 Å². The molecule has 15 nitrogen and oxygen atoms in total. The first kappa shape index (κ1) is 44.9. The van der Waals surface area contributed by atoms with Crippen molar-refractivity contribution in [3.63, 3.8) is 0 Å². The van der Waals surface area contributed by atoms with Gasteiger partial charge in [0.2, 0.25) is 11.8 Å². The van der Waals surface area contributed by atoms with Crippen molar-refractivity contribution in [3.8, 4) is 33.6 Å². The molecule has 15 heteroatoms. The van der Waals surface area contributed by atoms with Crippen LogP contribution < -0.4 is 10.6 Å². The summed E-state index contributed by atoms with van der Waals surface area (Å²) < 4.78 is 9.64. The van der Waals surface area contributed by atoms with Gasteiger partial charge in [-0.3, -0.25) is 14.6 Å². The number of pyridine rings is 1. The fourth-order valence-electron chi connectivity index (χ4n) is 11.2. The molecule has 4 N–H and O–H groups in total. The molecule has 2 aromatic carbocycles. The third kappa shape index (κ3) is 8.52. The van der Waals surface area contributed by atoms with E-state index in [0.29, 0.717) is 18.9 Å². The van der Waals surface area contributed by atoms with Crippen molar-refractivity contribution in [2.24, 2.45) is 11.8 Å². The van der Waals surface area contributed by atoms with E-state index in [1.807, 2.05) is 49.9 Å². The largest absolute Gasteiger partial charge is 0.453 e. The number of alkyl carbamates (subject to hydrolysis) is 2. The van der Waals surface area contributed by atoms with Gasteiger partial charge in [-0.2, -0.15) is 0 Å². The van der Waals surface area contributed by atoms with Crippen molar-refractivity contribution < 1.29 is 28.7 Å². The number of benzene rings is 2. The predicted octanol–water partition coefficient (Wildman–Crippen LogP) is 8.92. The first-order valence-corrected chi connectivity index (χ1v) is 23.9. The molecule has 2 saturated heterocycles. The highest BCUT2D eigenvalue weighted by Gasteiger charge is 2.42. The van der Waals surface area contributed by atoms with Crippen molar-refractivity contribution in [1.29, 1.82) is 0 Å². The Balaban J connectivity index is 1.00. The zero-order valence-corrected chi connectivity index (χ0v) is 39.0. The van der Waals surface area contributed by atoms with Crippen molar-refractivity contribution in [3.05, 3.63) is 77.6 Å². The third-order valence-corrected chi connectivity index (χ3v) is 14.7. The number of likely N-dealkylation sites (tertiary alicyclic amines) is 2. The third-order valence-electron chi connectivity index (χ3n) is 14.7. The number of aromatic amines is 2. The van der Waals surface area contributed by atoms with Crippen LogP contribution in [0.5, 0.6) is 0 Å². The van der Waals surface area contributed by atoms with Crippen molar-refractivity contribution in [2.45, 2.75) is 128 Å². The normalized spacial score (nSPS) is 19.9. The number of aromatic nitrogens is 5. The quantitative estimate of drug-likeness (QED) is 0.100. The van der Waals surface area contributed by atoms with Gasteiger partial charge in [-0.1, -0.05) is 46.6 Å². The molecular weight excluding hydrogens is 835 g/mol. The number of ether oxygens (including phenoxy) is 2. The molecule has 66 heavy (non-hydrogen) atoms. The van der Waals surface area contributed by atoms with Crippen LogP contribution in [0.2, 0.25) is 0 Å². The highest BCUT2D eigenvalue weighted by molar-refractivity contribution is 5.88. The molecule has 1 saturated carbocycles. The van der Waals surface area contributed by atoms with E-state index >= 15 is 0 Å². The number of H-pyrrole nitrogens is 2. The highest BCUT2D eigenvalue weighted by atomic mass is 16.5. The Morgan fingerprint density at radius 3 is 1.92 bits per heavy atom. The van der Waals surface area contributed by atoms with Gasteiger partial charge in [0.25, 0.3) is 0 Å². The number of carbonyl (C=O) groups is 4. The number of nitrogens with one attached hydrogen (secondary N) is 4. The summed E-state index contributed by atoms with van der Waals surface area (Å²) in [5.41, 5.74) is 10.9. The second kappa shape index (κ2) is 18.6. The molecule has 0 unspecified atom stereocenters. The first-order chi connectivity index (χ1) is 31.9. The molecule has 2 aliphatic heterocycles. The number of carbonyl (C=O) groups excluding carboxylic acids is 4. The molecule has 3 fully saturated rings. The minimum atomic E-state index is -0.701. The molecule has 4 aliphatic rings. The average molecular weight is 898 g/mol. The van der Waals surface area contributed by atoms with Crippen LogP contribution >= 0.6 is 0 Å². The van der Waals surface area contributed by atoms with Gasteiger partial charge in [-0.15, -0.1) is 0 Å². The maximum absolute atomic E-state index is 13.9. The monoisotopic (exact) mass is 897 g/mol. The molecule has 2 aliphatic carbocycles. The molecule has 9 rings (SSSR count). The number of hydrogen-bond donors (Lipinski definition) is 4. The van der Waals surface area contributed by atoms with Crippen LogP contribution in [0.15, 0.2) is 54.9 Å². The molecule has 4 amide bonds. The molecule has 1 spiro atoms. The lowest BCUT2D eigenvalue weighted by molar-refractivity contribution is -0.136. The Morgan fingerprint density at radius 2 is 1.32 bits per heavy atom. The summed E-state index contributed by atoms with van der Waals surface area (Å²) in [6.07, 6.45) is 14.0. The average Bonchev–Trinajstić information content (AvgIpc) is 4.19. The minimum absolute atomic E-state index is 0.115. The van der Waals surface area contributed by atoms with Crippen molar-refractivity contribution >= 4 is 35.0 Å². The Hall–Kier alpha value is -6.25. The van der Waals surface area contributed by atoms with Gasteiger partial charge in [-0.25, -0.2) is 19.6 Å². The van der Waals surface area contributed by atoms with E-state index in [1.54, 1.807) is 0 Å². The lowest BCUT2D eigenvalue weighted by Gasteiger charge is -2.37. The van der Waals surface area contributed by atoms with E-state index in [1.165, 1.54) is 63.0 Å². The number of hydrogen-bond acceptors (Lipinski definition) is 9. The van der Waals surface area contributed by atoms with Gasteiger partial charge >= 0.3 is 12.2 Å². The predicted molar refractivity (Wildman–Crippen MR) is 251 cm³/mol. The SMILES string of the molecule is COC(=O)N[C@H](C(=O)N1CCC[C@H]1c1ncc(-c2ccc(-c3cc(-c4ccc5nc([C@@H]6CCCN6C(=O)[C@@H](NC(=O)OC)C(C)C)[nH]c5c4)c4c(c3)C3(CCCC3)CCC4)nc2)[nH]1)C(C)C. The van der Waals surface area contributed by atoms with Gasteiger partial charge in [0.05, 0.1) is 54.9 Å². The summed E-state index contributed by atoms with van der Waals surface area (Å²) in [7, 11) is 2.60. The van der Waals surface area contributed by atoms with E-state index in [-0.39, 0.29) is 41.1 Å². The van der Waals surface area contributed by atoms with E-state index in [2.05, 4.69) is 63.1 Å². The molecule has 5 heterocycles. The smallest absolute Gasteiger partial charge is 0.407 e. The van der Waals surface area contributed by atoms with Crippen molar-refractivity contribution in [2.75, 3.05) is 27.3 Å². The fourth-order valence-corrected chi connectivity index (χ4v) is 11.2. The fraction of sp³-hybridized carbons (Fsp3) is 0.510. The van der Waals surface area contributed by atoms with Crippen LogP contribution in [0, 0.1) is 11.8 Å². The van der Waals surface area contributed by atoms with Crippen LogP contribution in [0.25, 0.3) is 44.7 Å². The number of rotatable bonds is 11. The number of imidazole rings is 2. The lowest BCUT2D eigenvalue weighted by Crippen LogP contribution is -2.51. The Bertz CT molecular complexity index is 2610. The minimum Gasteiger partial charge on any atom is -0.453 e. The maximum Gasteiger partial charge on any atom is 0.407 e. The zero-order valence-electron chi connectivity index (χ0n) is 39.0. The second-order valence-electron chi connectivity index (χ2n) is 19.5. The van der Waals surface area contributed by atoms with E-state index in [9.17, 15) is 19.2 Å². The molecule has 0 bridgehead atoms. The topological polar surface area (TPSA) is 188 Å². The van der Waals surface area contributed by atoms with Crippen molar-refractivity contribution in [1.82, 2.24) is 45.4 Å². The lowest BCUT2D eigenvalue weighted by atomic mass is 9.67. The Morgan fingerprint density at radius 1 is 0.697 bits per heavy atom. The van der Waals surface area contributed by atoms with Gasteiger partial charge in [-0.05, 0) is 134 Å². The molecule has 4 atom stereocenters. The molecule has 0 radical (unpaired) electrons. The van der Waals surface area contributed by atoms with Crippen LogP contribution in [0.1, 0.15) is 127 Å². The Labute approximate surface area is 386 Å². The van der Waals surface area contributed by atoms with Gasteiger partial charge in [0.15, 0.2) is 0 Å². The summed E-state index contributed by atoms with van der Waals surface area (Å²) in [4.78, 5) is 77.5. The maximum atomic E-state index is 13.9. The Kier molecular flexibility index (Phi) is 12.6. The second-order valence-corrected chi connectivity index (χ2v) is 19.5. The van der Waals surface area contributed by atoms with Gasteiger partial charge in [0.1, 0.15) is 23.7 Å². The number of methoxy groups -OCH3 is 2. The van der Waals surface area contributed by atoms with Crippen LogP contribution in [0.4, 0.5) is 9.59 Å². The van der Waals surface area contributed by atoms with E-state index in [4.69, 9.17) is 24.4 Å². The number of amides is 4. The highest BCUT2D eigenvalue weighted by Crippen LogP contribution is 2.52. The van der Waals surface area contributed by atoms with Gasteiger partial charge in [0, 0.05) is 30.4 Å². The molecule has 3 aromatic heterocycles. The molecule has 5 aromatic rings. The van der Waals surface area contributed by atoms with Crippen LogP contribution in [0.3, 0.4) is 0 Å². The van der Waals surface area contributed by atoms with Gasteiger partial charge < -0.3 is 39.9 Å². The standard InChI is InChI=1S/C51H63N9O6/c1-29(2)43(57-49(63)65-5)47(61)59-22-10-13-41(59)45-53-28-40(56-45)32-16-17-37(52-27-32)33-24-35(34-12-9-21-51(36(34)25-33)19-7-8-20-51)31-15-18-38-39(26-31)55-46(54-38)42-14-11-23-60(42)48(62)44(30(3)4)58-50(64)66-6/h15-18,24-30,41-44H,7-14,19-23H2,1-6H3,(H,53,56)(H,54,55)(H,57,63)(H,58,64)/t41-,42-,43-,44-/m0/s1. The summed E-state index contributed by atoms with van der Waals surface area (Å²) in [6, 6.07) is 13.5. The van der Waals surface area contributed by atoms with Crippen LogP contribution in [-0.2, 0) is 30.9 Å². The zero-order chi connectivity index (χ0) is 46.3. The summed E-state index contributed by atoms with van der Waals surface area (Å²) in [5, 5.41) is 5.47. The summed E-state index contributed by atoms with van der Waals surface area (Å²) >= 11 is 0. The summed E-state index contributed by atoms with van der Waals surface area (Å²) in [5.74, 6) is 0.964. The number of nitrogens with zero attached hydrogens (tertiary/aromatic N) is 5. The van der Waals surface area contributed by atoms with Crippen LogP contribution in [-0.4, -0.2) is 98.1 Å². The first-order valence-electron chi connectivity index (χ1n) is 23.9. The summed E-state index contributed by atoms with van der Waals surface area (Å²) in [6.45, 7) is 8.84. The molecule has 348 valence electrons. The van der Waals surface area contributed by atoms with E-state index < -0.39 is 24.3 Å². The molecular formula is C51H63N9O6.